The second-order valence-corrected chi connectivity index (χ2v) is 8.24. The Morgan fingerprint density at radius 1 is 1.42 bits per heavy atom. The number of pyridine rings is 1. The third-order valence-corrected chi connectivity index (χ3v) is 5.63. The Morgan fingerprint density at radius 3 is 3.00 bits per heavy atom. The fourth-order valence-electron chi connectivity index (χ4n) is 2.70. The Morgan fingerprint density at radius 2 is 2.27 bits per heavy atom. The van der Waals surface area contributed by atoms with Gasteiger partial charge in [-0.25, -0.2) is 4.98 Å². The van der Waals surface area contributed by atoms with E-state index >= 15 is 0 Å². The molecule has 4 rings (SSSR count). The minimum atomic E-state index is -0.174. The van der Waals surface area contributed by atoms with E-state index < -0.39 is 0 Å². The van der Waals surface area contributed by atoms with Gasteiger partial charge in [0.25, 0.3) is 0 Å². The van der Waals surface area contributed by atoms with Crippen molar-refractivity contribution in [3.63, 3.8) is 0 Å². The monoisotopic (exact) mass is 411 g/mol. The molecule has 1 saturated carbocycles. The van der Waals surface area contributed by atoms with Gasteiger partial charge in [-0.15, -0.1) is 11.3 Å². The quantitative estimate of drug-likeness (QED) is 0.517. The molecular formula is C18H19Cl2N3O2S. The van der Waals surface area contributed by atoms with Crippen molar-refractivity contribution in [1.29, 1.82) is 0 Å². The number of nitrogens with two attached hydrogens (primary N) is 1. The maximum absolute atomic E-state index is 6.48. The molecule has 0 unspecified atom stereocenters. The minimum absolute atomic E-state index is 0.174. The fourth-order valence-corrected chi connectivity index (χ4v) is 3.79. The summed E-state index contributed by atoms with van der Waals surface area (Å²) in [5.41, 5.74) is 8.08. The molecule has 5 nitrogen and oxygen atoms in total. The zero-order valence-corrected chi connectivity index (χ0v) is 16.3. The smallest absolute Gasteiger partial charge is 0.177 e. The lowest BCUT2D eigenvalue weighted by atomic mass is 10.2. The Balaban J connectivity index is 1.54. The lowest BCUT2D eigenvalue weighted by Crippen LogP contribution is -2.29. The molecule has 0 saturated heterocycles. The van der Waals surface area contributed by atoms with Crippen molar-refractivity contribution in [2.45, 2.75) is 38.0 Å². The fraction of sp³-hybridized carbons (Fsp3) is 0.389. The third kappa shape index (κ3) is 4.15. The molecule has 0 aliphatic heterocycles. The van der Waals surface area contributed by atoms with Crippen LogP contribution in [0.1, 0.15) is 23.5 Å². The van der Waals surface area contributed by atoms with Crippen LogP contribution in [0.4, 0.5) is 5.69 Å². The highest BCUT2D eigenvalue weighted by molar-refractivity contribution is 7.09. The van der Waals surface area contributed by atoms with Crippen LogP contribution >= 0.6 is 34.5 Å². The Labute approximate surface area is 165 Å². The van der Waals surface area contributed by atoms with Crippen molar-refractivity contribution in [1.82, 2.24) is 4.98 Å². The number of hydrogen-bond acceptors (Lipinski definition) is 6. The Bertz CT molecular complexity index is 894. The van der Waals surface area contributed by atoms with Gasteiger partial charge in [0.05, 0.1) is 18.4 Å². The number of aromatic nitrogens is 1. The molecule has 138 valence electrons. The summed E-state index contributed by atoms with van der Waals surface area (Å²) in [7, 11) is 0. The number of nitrogens with zero attached hydrogens (tertiary/aromatic N) is 1. The average molecular weight is 412 g/mol. The van der Waals surface area contributed by atoms with Crippen LogP contribution in [-0.4, -0.2) is 23.7 Å². The van der Waals surface area contributed by atoms with Crippen LogP contribution in [0.3, 0.4) is 0 Å². The first-order valence-electron chi connectivity index (χ1n) is 8.51. The molecule has 0 spiro atoms. The number of thiophene rings is 1. The summed E-state index contributed by atoms with van der Waals surface area (Å²) in [5, 5.41) is 6.22. The van der Waals surface area contributed by atoms with Crippen molar-refractivity contribution >= 4 is 51.3 Å². The highest BCUT2D eigenvalue weighted by Gasteiger charge is 2.24. The summed E-state index contributed by atoms with van der Waals surface area (Å²) in [6.45, 7) is 1.17. The van der Waals surface area contributed by atoms with Crippen molar-refractivity contribution in [3.05, 3.63) is 44.4 Å². The molecule has 0 radical (unpaired) electrons. The molecule has 8 heteroatoms. The van der Waals surface area contributed by atoms with Gasteiger partial charge >= 0.3 is 0 Å². The van der Waals surface area contributed by atoms with E-state index in [4.69, 9.17) is 38.1 Å². The first-order chi connectivity index (χ1) is 12.6. The van der Waals surface area contributed by atoms with Gasteiger partial charge in [0.15, 0.2) is 5.58 Å². The summed E-state index contributed by atoms with van der Waals surface area (Å²) < 4.78 is 11.7. The normalized spacial score (nSPS) is 15.5. The molecule has 0 aromatic carbocycles. The second-order valence-electron chi connectivity index (χ2n) is 6.44. The zero-order valence-electron chi connectivity index (χ0n) is 14.0. The number of hydrogen-bond donors (Lipinski definition) is 2. The molecule has 3 aromatic heterocycles. The predicted molar refractivity (Wildman–Crippen MR) is 106 cm³/mol. The van der Waals surface area contributed by atoms with Crippen LogP contribution < -0.4 is 11.1 Å². The van der Waals surface area contributed by atoms with Crippen LogP contribution in [-0.2, 0) is 17.7 Å². The molecular weight excluding hydrogens is 393 g/mol. The van der Waals surface area contributed by atoms with Crippen LogP contribution in [0, 0.1) is 0 Å². The molecule has 0 amide bonds. The van der Waals surface area contributed by atoms with E-state index in [1.807, 2.05) is 11.4 Å². The van der Waals surface area contributed by atoms with E-state index in [1.54, 1.807) is 17.4 Å². The van der Waals surface area contributed by atoms with Gasteiger partial charge in [-0.1, -0.05) is 29.3 Å². The number of anilines is 1. The first kappa shape index (κ1) is 18.1. The number of nitrogens with one attached hydrogen (secondary N) is 1. The standard InChI is InChI=1S/C18H19Cl2N3O2S/c19-15-7-13(22-8-12-2-1-5-26-12)18-17(23-15)16(20)14(25-18)6-10(21)9-24-11-3-4-11/h1-2,5,7,10-11H,3-4,6,8-9,21H2,(H,22,23)/t10-/m1/s1. The van der Waals surface area contributed by atoms with Crippen molar-refractivity contribution in [3.8, 4) is 0 Å². The second kappa shape index (κ2) is 7.74. The summed E-state index contributed by atoms with van der Waals surface area (Å²) in [4.78, 5) is 5.53. The number of rotatable bonds is 8. The maximum Gasteiger partial charge on any atom is 0.177 e. The van der Waals surface area contributed by atoms with E-state index in [0.717, 1.165) is 18.5 Å². The van der Waals surface area contributed by atoms with Crippen LogP contribution in [0.5, 0.6) is 0 Å². The molecule has 1 atom stereocenters. The maximum atomic E-state index is 6.48. The molecule has 0 bridgehead atoms. The largest absolute Gasteiger partial charge is 0.455 e. The van der Waals surface area contributed by atoms with Crippen LogP contribution in [0.2, 0.25) is 10.2 Å². The van der Waals surface area contributed by atoms with Crippen LogP contribution in [0.15, 0.2) is 28.0 Å². The number of fused-ring (bicyclic) bond motifs is 1. The third-order valence-electron chi connectivity index (χ3n) is 4.17. The average Bonchev–Trinajstić information content (AvgIpc) is 3.21. The number of ether oxygens (including phenoxy) is 1. The van der Waals surface area contributed by atoms with Gasteiger partial charge in [-0.05, 0) is 24.3 Å². The van der Waals surface area contributed by atoms with E-state index in [9.17, 15) is 0 Å². The molecule has 1 aliphatic carbocycles. The molecule has 26 heavy (non-hydrogen) atoms. The molecule has 3 aromatic rings. The summed E-state index contributed by atoms with van der Waals surface area (Å²) in [6, 6.07) is 5.66. The van der Waals surface area contributed by atoms with Crippen molar-refractivity contribution in [2.75, 3.05) is 11.9 Å². The van der Waals surface area contributed by atoms with Gasteiger partial charge < -0.3 is 20.2 Å². The first-order valence-corrected chi connectivity index (χ1v) is 10.1. The molecule has 1 aliphatic rings. The highest BCUT2D eigenvalue weighted by atomic mass is 35.5. The van der Waals surface area contributed by atoms with E-state index in [1.165, 1.54) is 4.88 Å². The SMILES string of the molecule is N[C@@H](COC1CC1)Cc1oc2c(NCc3cccs3)cc(Cl)nc2c1Cl. The Hall–Kier alpha value is -1.31. The number of halogens is 2. The highest BCUT2D eigenvalue weighted by Crippen LogP contribution is 2.36. The predicted octanol–water partition coefficient (Wildman–Crippen LogP) is 4.86. The molecule has 3 N–H and O–H groups in total. The zero-order chi connectivity index (χ0) is 18.1. The topological polar surface area (TPSA) is 73.3 Å². The van der Waals surface area contributed by atoms with Gasteiger partial charge in [0.1, 0.15) is 21.5 Å². The lowest BCUT2D eigenvalue weighted by molar-refractivity contribution is 0.106. The van der Waals surface area contributed by atoms with Gasteiger partial charge in [-0.2, -0.15) is 0 Å². The van der Waals surface area contributed by atoms with Gasteiger partial charge in [0.2, 0.25) is 0 Å². The Kier molecular flexibility index (Phi) is 5.38. The van der Waals surface area contributed by atoms with Crippen molar-refractivity contribution < 1.29 is 9.15 Å². The lowest BCUT2D eigenvalue weighted by Gasteiger charge is -2.10. The summed E-state index contributed by atoms with van der Waals surface area (Å²) in [6.07, 6.45) is 3.12. The van der Waals surface area contributed by atoms with Crippen molar-refractivity contribution in [2.24, 2.45) is 5.73 Å². The number of furan rings is 1. The van der Waals surface area contributed by atoms with E-state index in [-0.39, 0.29) is 6.04 Å². The summed E-state index contributed by atoms with van der Waals surface area (Å²) in [5.74, 6) is 0.613. The van der Waals surface area contributed by atoms with Gasteiger partial charge in [0, 0.05) is 30.0 Å². The van der Waals surface area contributed by atoms with E-state index in [0.29, 0.717) is 52.7 Å². The van der Waals surface area contributed by atoms with E-state index in [2.05, 4.69) is 16.4 Å². The molecule has 1 fully saturated rings. The minimum Gasteiger partial charge on any atom is -0.455 e. The van der Waals surface area contributed by atoms with Crippen LogP contribution in [0.25, 0.3) is 11.1 Å². The summed E-state index contributed by atoms with van der Waals surface area (Å²) >= 11 is 14.3. The van der Waals surface area contributed by atoms with Gasteiger partial charge in [-0.3, -0.25) is 0 Å². The molecule has 3 heterocycles.